The van der Waals surface area contributed by atoms with E-state index >= 15 is 0 Å². The minimum Gasteiger partial charge on any atom is -0.399 e. The largest absolute Gasteiger partial charge is 0.494 e. The zero-order valence-corrected chi connectivity index (χ0v) is 80.1. The quantitative estimate of drug-likeness (QED) is 0.111. The molecule has 10 nitrogen and oxygen atoms in total. The van der Waals surface area contributed by atoms with Crippen molar-refractivity contribution in [2.45, 2.75) is 150 Å². The molecule has 1 saturated heterocycles. The van der Waals surface area contributed by atoms with Crippen molar-refractivity contribution in [3.63, 3.8) is 0 Å². The number of nitrogens with zero attached hydrogens (tertiary/aromatic N) is 8. The molecule has 4 aromatic heterocycles. The molecule has 626 valence electrons. The van der Waals surface area contributed by atoms with Gasteiger partial charge in [-0.3, -0.25) is 0 Å². The molecule has 0 N–H and O–H groups in total. The molecule has 18 aromatic rings. The van der Waals surface area contributed by atoms with Crippen molar-refractivity contribution in [2.24, 2.45) is 0 Å². The number of aromatic nitrogens is 8. The second-order valence-electron chi connectivity index (χ2n) is 34.9. The van der Waals surface area contributed by atoms with Crippen LogP contribution in [0.1, 0.15) is 117 Å². The lowest BCUT2D eigenvalue weighted by Gasteiger charge is -2.32. The van der Waals surface area contributed by atoms with Gasteiger partial charge in [0.15, 0.2) is 34.9 Å². The fourth-order valence-electron chi connectivity index (χ4n) is 18.1. The molecule has 0 bridgehead atoms. The van der Waals surface area contributed by atoms with Gasteiger partial charge in [-0.2, -0.15) is 0 Å². The van der Waals surface area contributed by atoms with Crippen LogP contribution in [0.2, 0.25) is 0 Å². The van der Waals surface area contributed by atoms with Crippen LogP contribution < -0.4 is 5.46 Å². The molecule has 19 rings (SSSR count). The molecule has 1 aliphatic rings. The van der Waals surface area contributed by atoms with Gasteiger partial charge in [0.1, 0.15) is 0 Å². The first-order chi connectivity index (χ1) is 60.4. The van der Waals surface area contributed by atoms with Gasteiger partial charge in [0.25, 0.3) is 0 Å². The smallest absolute Gasteiger partial charge is 0.399 e. The highest BCUT2D eigenvalue weighted by molar-refractivity contribution is 9.11. The maximum Gasteiger partial charge on any atom is 0.494 e. The van der Waals surface area contributed by atoms with Crippen molar-refractivity contribution in [3.05, 3.63) is 357 Å². The molecule has 0 atom stereocenters. The Hall–Kier alpha value is -11.9. The lowest BCUT2D eigenvalue weighted by atomic mass is 9.78. The fraction of sp³-hybridized carbons (Fsp3) is 0.196. The Morgan fingerprint density at radius 2 is 0.484 bits per heavy atom. The van der Waals surface area contributed by atoms with E-state index in [9.17, 15) is 0 Å². The molecule has 0 saturated carbocycles. The van der Waals surface area contributed by atoms with Gasteiger partial charge in [-0.25, -0.2) is 29.9 Å². The third kappa shape index (κ3) is 15.7. The minimum absolute atomic E-state index is 0.468. The number of rotatable bonds is 12. The first-order valence-corrected chi connectivity index (χ1v) is 45.5. The number of aryl methyl sites for hydroxylation is 8. The summed E-state index contributed by atoms with van der Waals surface area (Å²) in [5, 5.41) is 5.34. The Kier molecular flexibility index (Phi) is 23.6. The van der Waals surface area contributed by atoms with E-state index in [1.165, 1.54) is 133 Å². The second kappa shape index (κ2) is 34.5. The van der Waals surface area contributed by atoms with Crippen LogP contribution in [0.4, 0.5) is 0 Å². The van der Waals surface area contributed by atoms with Crippen molar-refractivity contribution < 1.29 is 9.31 Å². The monoisotopic (exact) mass is 1840 g/mol. The van der Waals surface area contributed by atoms with E-state index in [1.54, 1.807) is 0 Å². The van der Waals surface area contributed by atoms with E-state index in [0.717, 1.165) is 97.0 Å². The molecule has 0 radical (unpaired) electrons. The maximum absolute atomic E-state index is 6.61. The molecule has 0 spiro atoms. The predicted molar refractivity (Wildman–Crippen MR) is 538 cm³/mol. The van der Waals surface area contributed by atoms with E-state index in [4.69, 9.17) is 39.2 Å². The third-order valence-electron chi connectivity index (χ3n) is 27.2. The fourth-order valence-corrected chi connectivity index (χ4v) is 19.6. The Morgan fingerprint density at radius 1 is 0.230 bits per heavy atom. The Bertz CT molecular complexity index is 7080. The topological polar surface area (TPSA) is 106 Å². The molecular weight excluding hydrogens is 1740 g/mol. The van der Waals surface area contributed by atoms with Gasteiger partial charge in [0, 0.05) is 79.5 Å². The van der Waals surface area contributed by atoms with Crippen molar-refractivity contribution in [1.82, 2.24) is 39.0 Å². The van der Waals surface area contributed by atoms with Crippen molar-refractivity contribution >= 4 is 104 Å². The highest BCUT2D eigenvalue weighted by Gasteiger charge is 2.52. The standard InChI is InChI=1S/C53H53BN4O2.C53H45BrN4.C6H4Br2/c1-30-32(3)36(7)47-45(34(30)5)46-35(6)31(2)33(4)37(8)48(46)58(47)44-27-26-41(29-43(44)40-24-19-25-42(28-40)54-59-52(9,10)53(11,12)60-54)51-56-49(38-20-15-13-16-21-38)55-50(57-51)39-22-17-14-18-23-39;1-30-32(3)36(7)49-47(34(30)5)48-35(6)31(2)33(4)37(8)50(48)58(49)46-26-25-43(29-45(46)42-23-15-21-40(27-42)41-22-16-24-44(54)28-41)53-56-51(38-17-11-9-12-18-38)55-52(57-53)39-19-13-10-14-20-39;7-5-2-1-3-6(8)4-5/h13-29H,1-12H3;9-29H,1-8H3;1-4H. The first kappa shape index (κ1) is 86.3. The number of hydrogen-bond donors (Lipinski definition) is 0. The average Bonchev–Trinajstić information content (AvgIpc) is 1.55. The molecular formula is C112H102BBr3N8O2. The lowest BCUT2D eigenvalue weighted by molar-refractivity contribution is 0.00578. The molecule has 1 aliphatic heterocycles. The lowest BCUT2D eigenvalue weighted by Crippen LogP contribution is -2.41. The Morgan fingerprint density at radius 3 is 0.794 bits per heavy atom. The van der Waals surface area contributed by atoms with Gasteiger partial charge in [0.05, 0.1) is 44.6 Å². The van der Waals surface area contributed by atoms with Crippen molar-refractivity contribution in [2.75, 3.05) is 0 Å². The van der Waals surface area contributed by atoms with Gasteiger partial charge < -0.3 is 18.4 Å². The predicted octanol–water partition coefficient (Wildman–Crippen LogP) is 30.1. The van der Waals surface area contributed by atoms with E-state index in [1.807, 2.05) is 121 Å². The zero-order valence-electron chi connectivity index (χ0n) is 75.4. The molecule has 0 unspecified atom stereocenters. The van der Waals surface area contributed by atoms with Crippen LogP contribution in [0.15, 0.2) is 268 Å². The molecule has 1 fully saturated rings. The molecule has 5 heterocycles. The summed E-state index contributed by atoms with van der Waals surface area (Å²) in [6.45, 7) is 45.0. The third-order valence-corrected chi connectivity index (χ3v) is 28.7. The molecule has 14 heteroatoms. The summed E-state index contributed by atoms with van der Waals surface area (Å²) in [6.07, 6.45) is 0. The van der Waals surface area contributed by atoms with Crippen molar-refractivity contribution in [1.29, 1.82) is 0 Å². The average molecular weight is 1840 g/mol. The number of fused-ring (bicyclic) bond motifs is 6. The van der Waals surface area contributed by atoms with Crippen LogP contribution in [0.3, 0.4) is 0 Å². The van der Waals surface area contributed by atoms with Gasteiger partial charge in [-0.1, -0.05) is 230 Å². The Labute approximate surface area is 766 Å². The minimum atomic E-state index is -0.508. The Balaban J connectivity index is 0.000000163. The number of benzene rings is 14. The summed E-state index contributed by atoms with van der Waals surface area (Å²) in [5.74, 6) is 3.78. The zero-order chi connectivity index (χ0) is 88.8. The number of halogens is 3. The summed E-state index contributed by atoms with van der Waals surface area (Å²) in [5.41, 5.74) is 40.7. The molecule has 0 amide bonds. The van der Waals surface area contributed by atoms with Gasteiger partial charge >= 0.3 is 7.12 Å². The molecule has 126 heavy (non-hydrogen) atoms. The summed E-state index contributed by atoms with van der Waals surface area (Å²) in [7, 11) is -0.508. The van der Waals surface area contributed by atoms with Gasteiger partial charge in [0.2, 0.25) is 0 Å². The summed E-state index contributed by atoms with van der Waals surface area (Å²) in [4.78, 5) is 30.6. The highest BCUT2D eigenvalue weighted by atomic mass is 79.9. The van der Waals surface area contributed by atoms with E-state index in [-0.39, 0.29) is 0 Å². The van der Waals surface area contributed by atoms with Crippen LogP contribution in [-0.4, -0.2) is 57.4 Å². The van der Waals surface area contributed by atoms with Crippen LogP contribution in [0, 0.1) is 111 Å². The maximum atomic E-state index is 6.61. The van der Waals surface area contributed by atoms with Crippen LogP contribution in [-0.2, 0) is 9.31 Å². The van der Waals surface area contributed by atoms with Gasteiger partial charge in [-0.05, 0) is 328 Å². The molecule has 0 aliphatic carbocycles. The van der Waals surface area contributed by atoms with E-state index in [2.05, 4.69) is 329 Å². The molecule has 14 aromatic carbocycles. The van der Waals surface area contributed by atoms with Crippen LogP contribution in [0.5, 0.6) is 0 Å². The number of hydrogen-bond acceptors (Lipinski definition) is 8. The van der Waals surface area contributed by atoms with Crippen molar-refractivity contribution in [3.8, 4) is 113 Å². The summed E-state index contributed by atoms with van der Waals surface area (Å²) in [6, 6.07) is 88.2. The summed E-state index contributed by atoms with van der Waals surface area (Å²) >= 11 is 10.4. The first-order valence-electron chi connectivity index (χ1n) is 43.2. The van der Waals surface area contributed by atoms with E-state index < -0.39 is 18.3 Å². The van der Waals surface area contributed by atoms with Crippen LogP contribution in [0.25, 0.3) is 157 Å². The highest BCUT2D eigenvalue weighted by Crippen LogP contribution is 2.50. The SMILES string of the molecule is Brc1cccc(Br)c1.Cc1c(C)c(C)c2c(c1C)c1c(C)c(C)c(C)c(C)c1n2-c1ccc(-c2nc(-c3ccccc3)nc(-c3ccccc3)n2)cc1-c1cccc(-c2cccc(Br)c2)c1.Cc1c(C)c(C)c2c(c1C)c1c(C)c(C)c(C)c(C)c1n2-c1ccc(-c2nc(-c3ccccc3)nc(-c3ccccc3)n2)cc1-c1cccc(B2OC(C)(C)C(C)(C)O2)c1. The van der Waals surface area contributed by atoms with E-state index in [0.29, 0.717) is 34.9 Å². The normalized spacial score (nSPS) is 12.9. The second-order valence-corrected chi connectivity index (χ2v) is 37.6. The summed E-state index contributed by atoms with van der Waals surface area (Å²) < 4.78 is 21.6. The van der Waals surface area contributed by atoms with Gasteiger partial charge in [-0.15, -0.1) is 0 Å². The van der Waals surface area contributed by atoms with Crippen LogP contribution >= 0.6 is 47.8 Å².